The maximum absolute atomic E-state index is 9.01. The van der Waals surface area contributed by atoms with Crippen molar-refractivity contribution in [3.05, 3.63) is 41.6 Å². The quantitative estimate of drug-likeness (QED) is 0.809. The van der Waals surface area contributed by atoms with Crippen molar-refractivity contribution in [1.29, 1.82) is 5.26 Å². The molecule has 0 fully saturated rings. The average molecular weight is 346 g/mol. The van der Waals surface area contributed by atoms with Crippen LogP contribution in [-0.2, 0) is 6.42 Å². The first-order valence-corrected chi connectivity index (χ1v) is 8.10. The lowest BCUT2D eigenvalue weighted by Gasteiger charge is -2.21. The molecule has 128 valence electrons. The van der Waals surface area contributed by atoms with E-state index in [2.05, 4.69) is 53.1 Å². The van der Waals surface area contributed by atoms with Gasteiger partial charge in [0.1, 0.15) is 5.82 Å². The molecule has 1 heterocycles. The molecule has 1 N–H and O–H groups in total. The Labute approximate surface area is 150 Å². The van der Waals surface area contributed by atoms with E-state index in [0.29, 0.717) is 11.5 Å². The molecular weight excluding hydrogens is 322 g/mol. The number of rotatable bonds is 7. The molecule has 2 rings (SSSR count). The number of aryl methyl sites for hydroxylation is 1. The van der Waals surface area contributed by atoms with Crippen molar-refractivity contribution in [2.45, 2.75) is 33.6 Å². The molecule has 0 saturated heterocycles. The normalized spacial score (nSPS) is 9.75. The van der Waals surface area contributed by atoms with Crippen LogP contribution in [-0.4, -0.2) is 23.1 Å². The standard InChI is InChI=1S/C18H23N5.ClH/c1-4-8-15-12-17(23(5-2)6-3)22-18(20-15)21-16-10-7-9-14(11-16)13-19;/h7,9-12H,4-6,8H2,1-3H3,(H,20,21,22);1H. The Balaban J connectivity index is 0.00000288. The van der Waals surface area contributed by atoms with Crippen LogP contribution >= 0.6 is 12.4 Å². The molecule has 0 aliphatic carbocycles. The minimum Gasteiger partial charge on any atom is -0.357 e. The number of halogens is 1. The van der Waals surface area contributed by atoms with Gasteiger partial charge in [0.15, 0.2) is 0 Å². The van der Waals surface area contributed by atoms with E-state index < -0.39 is 0 Å². The van der Waals surface area contributed by atoms with Crippen LogP contribution in [0.1, 0.15) is 38.4 Å². The Hall–Kier alpha value is -2.32. The fraction of sp³-hybridized carbons (Fsp3) is 0.389. The van der Waals surface area contributed by atoms with Crippen LogP contribution in [0.15, 0.2) is 30.3 Å². The molecule has 1 aromatic carbocycles. The van der Waals surface area contributed by atoms with Gasteiger partial charge in [0.05, 0.1) is 11.6 Å². The monoisotopic (exact) mass is 345 g/mol. The highest BCUT2D eigenvalue weighted by atomic mass is 35.5. The van der Waals surface area contributed by atoms with Crippen molar-refractivity contribution in [3.63, 3.8) is 0 Å². The maximum Gasteiger partial charge on any atom is 0.229 e. The molecule has 6 heteroatoms. The zero-order valence-electron chi connectivity index (χ0n) is 14.4. The van der Waals surface area contributed by atoms with Crippen LogP contribution in [0.5, 0.6) is 0 Å². The number of hydrogen-bond acceptors (Lipinski definition) is 5. The van der Waals surface area contributed by atoms with Gasteiger partial charge in [-0.1, -0.05) is 19.4 Å². The number of hydrogen-bond donors (Lipinski definition) is 1. The highest BCUT2D eigenvalue weighted by Gasteiger charge is 2.09. The molecule has 0 atom stereocenters. The summed E-state index contributed by atoms with van der Waals surface area (Å²) in [5.74, 6) is 1.51. The predicted octanol–water partition coefficient (Wildman–Crippen LogP) is 4.31. The number of benzene rings is 1. The lowest BCUT2D eigenvalue weighted by atomic mass is 10.2. The van der Waals surface area contributed by atoms with E-state index >= 15 is 0 Å². The molecule has 0 unspecified atom stereocenters. The smallest absolute Gasteiger partial charge is 0.229 e. The maximum atomic E-state index is 9.01. The second kappa shape index (κ2) is 9.74. The van der Waals surface area contributed by atoms with Crippen molar-refractivity contribution in [2.24, 2.45) is 0 Å². The predicted molar refractivity (Wildman–Crippen MR) is 101 cm³/mol. The minimum absolute atomic E-state index is 0. The van der Waals surface area contributed by atoms with Crippen molar-refractivity contribution in [3.8, 4) is 6.07 Å². The zero-order chi connectivity index (χ0) is 16.7. The molecule has 0 spiro atoms. The lowest BCUT2D eigenvalue weighted by molar-refractivity contribution is 0.824. The summed E-state index contributed by atoms with van der Waals surface area (Å²) in [6, 6.07) is 11.5. The topological polar surface area (TPSA) is 64.8 Å². The summed E-state index contributed by atoms with van der Waals surface area (Å²) in [6.45, 7) is 8.19. The third-order valence-electron chi connectivity index (χ3n) is 3.61. The van der Waals surface area contributed by atoms with Crippen molar-refractivity contribution in [2.75, 3.05) is 23.3 Å². The number of aromatic nitrogens is 2. The number of nitrogens with one attached hydrogen (secondary N) is 1. The van der Waals surface area contributed by atoms with Gasteiger partial charge in [-0.3, -0.25) is 0 Å². The van der Waals surface area contributed by atoms with Crippen LogP contribution < -0.4 is 10.2 Å². The van der Waals surface area contributed by atoms with Crippen molar-refractivity contribution >= 4 is 29.9 Å². The zero-order valence-corrected chi connectivity index (χ0v) is 15.2. The lowest BCUT2D eigenvalue weighted by Crippen LogP contribution is -2.23. The molecule has 0 aliphatic rings. The SMILES string of the molecule is CCCc1cc(N(CC)CC)nc(Nc2cccc(C#N)c2)n1.Cl. The summed E-state index contributed by atoms with van der Waals surface area (Å²) in [4.78, 5) is 11.4. The van der Waals surface area contributed by atoms with E-state index in [4.69, 9.17) is 5.26 Å². The van der Waals surface area contributed by atoms with Gasteiger partial charge in [-0.25, -0.2) is 4.98 Å². The van der Waals surface area contributed by atoms with Crippen molar-refractivity contribution in [1.82, 2.24) is 9.97 Å². The summed E-state index contributed by atoms with van der Waals surface area (Å²) >= 11 is 0. The van der Waals surface area contributed by atoms with Crippen LogP contribution in [0.4, 0.5) is 17.5 Å². The first-order chi connectivity index (χ1) is 11.2. The second-order valence-corrected chi connectivity index (χ2v) is 5.28. The molecule has 0 amide bonds. The van der Waals surface area contributed by atoms with Gasteiger partial charge in [0.2, 0.25) is 5.95 Å². The van der Waals surface area contributed by atoms with Gasteiger partial charge < -0.3 is 10.2 Å². The highest BCUT2D eigenvalue weighted by Crippen LogP contribution is 2.20. The van der Waals surface area contributed by atoms with Gasteiger partial charge in [-0.2, -0.15) is 10.2 Å². The number of nitriles is 1. The minimum atomic E-state index is 0. The van der Waals surface area contributed by atoms with Gasteiger partial charge in [0, 0.05) is 30.5 Å². The van der Waals surface area contributed by atoms with Crippen LogP contribution in [0.25, 0.3) is 0 Å². The Kier molecular flexibility index (Phi) is 8.00. The van der Waals surface area contributed by atoms with Crippen LogP contribution in [0.3, 0.4) is 0 Å². The molecule has 24 heavy (non-hydrogen) atoms. The Morgan fingerprint density at radius 3 is 2.50 bits per heavy atom. The Bertz CT molecular complexity index is 692. The summed E-state index contributed by atoms with van der Waals surface area (Å²) in [5, 5.41) is 12.2. The van der Waals surface area contributed by atoms with Crippen molar-refractivity contribution < 1.29 is 0 Å². The van der Waals surface area contributed by atoms with Crippen LogP contribution in [0, 0.1) is 11.3 Å². The highest BCUT2D eigenvalue weighted by molar-refractivity contribution is 5.85. The largest absolute Gasteiger partial charge is 0.357 e. The third-order valence-corrected chi connectivity index (χ3v) is 3.61. The number of nitrogens with zero attached hydrogens (tertiary/aromatic N) is 4. The van der Waals surface area contributed by atoms with E-state index in [1.807, 2.05) is 12.1 Å². The molecular formula is C18H24ClN5. The molecule has 0 bridgehead atoms. The molecule has 0 radical (unpaired) electrons. The van der Waals surface area contributed by atoms with Gasteiger partial charge >= 0.3 is 0 Å². The molecule has 5 nitrogen and oxygen atoms in total. The van der Waals surface area contributed by atoms with Crippen LogP contribution in [0.2, 0.25) is 0 Å². The Morgan fingerprint density at radius 1 is 1.12 bits per heavy atom. The second-order valence-electron chi connectivity index (χ2n) is 5.28. The first kappa shape index (κ1) is 19.7. The first-order valence-electron chi connectivity index (χ1n) is 8.10. The van der Waals surface area contributed by atoms with Gasteiger partial charge in [-0.05, 0) is 38.5 Å². The van der Waals surface area contributed by atoms with Gasteiger partial charge in [0.25, 0.3) is 0 Å². The average Bonchev–Trinajstić information content (AvgIpc) is 2.56. The van der Waals surface area contributed by atoms with E-state index in [0.717, 1.165) is 43.1 Å². The third kappa shape index (κ3) is 5.10. The van der Waals surface area contributed by atoms with E-state index in [1.54, 1.807) is 12.1 Å². The summed E-state index contributed by atoms with van der Waals surface area (Å²) < 4.78 is 0. The molecule has 0 saturated carbocycles. The summed E-state index contributed by atoms with van der Waals surface area (Å²) in [5.41, 5.74) is 2.47. The fourth-order valence-electron chi connectivity index (χ4n) is 2.43. The van der Waals surface area contributed by atoms with Gasteiger partial charge in [-0.15, -0.1) is 12.4 Å². The summed E-state index contributed by atoms with van der Waals surface area (Å²) in [7, 11) is 0. The fourth-order valence-corrected chi connectivity index (χ4v) is 2.43. The molecule has 2 aromatic rings. The summed E-state index contributed by atoms with van der Waals surface area (Å²) in [6.07, 6.45) is 1.96. The molecule has 1 aromatic heterocycles. The van der Waals surface area contributed by atoms with E-state index in [-0.39, 0.29) is 12.4 Å². The Morgan fingerprint density at radius 2 is 1.88 bits per heavy atom. The molecule has 0 aliphatic heterocycles. The number of anilines is 3. The van der Waals surface area contributed by atoms with E-state index in [1.165, 1.54) is 0 Å². The van der Waals surface area contributed by atoms with E-state index in [9.17, 15) is 0 Å².